The van der Waals surface area contributed by atoms with Crippen LogP contribution in [0.15, 0.2) is 48.8 Å². The summed E-state index contributed by atoms with van der Waals surface area (Å²) in [4.78, 5) is 37.3. The Labute approximate surface area is 283 Å². The van der Waals surface area contributed by atoms with Crippen LogP contribution in [0.5, 0.6) is 11.8 Å². The zero-order valence-electron chi connectivity index (χ0n) is 26.4. The van der Waals surface area contributed by atoms with Gasteiger partial charge in [0.1, 0.15) is 22.6 Å². The van der Waals surface area contributed by atoms with Gasteiger partial charge in [0.2, 0.25) is 23.4 Å². The first kappa shape index (κ1) is 36.3. The first-order valence-electron chi connectivity index (χ1n) is 14.8. The standard InChI is InChI=1S/C15H16FN5O3.C10H13FN2O.C5H4ClN3O2/c1-24-15-10(7-9(16)8-18-15)11-3-2-6-20(11)13-5-4-12(21(22)23)14(17)19-13;1-14-10-8(5-7(11)6-13-10)9-3-2-4-12-9;6-4-2-1-3(9(10)11)5(7)8-4/h4-5,7-8,11H,2-3,6H2,1H3,(H2,17,19);5-6,9,12H,2-4H2,1H3;1-2H,(H2,7,8)/t11-;9-;/m11./s1. The van der Waals surface area contributed by atoms with E-state index in [9.17, 15) is 29.0 Å². The van der Waals surface area contributed by atoms with Gasteiger partial charge in [0, 0.05) is 35.8 Å². The van der Waals surface area contributed by atoms with Crippen LogP contribution in [0.2, 0.25) is 5.15 Å². The molecule has 2 aliphatic heterocycles. The van der Waals surface area contributed by atoms with Crippen molar-refractivity contribution < 1.29 is 28.1 Å². The zero-order valence-corrected chi connectivity index (χ0v) is 27.1. The molecule has 2 saturated heterocycles. The number of nitrogens with zero attached hydrogens (tertiary/aromatic N) is 7. The van der Waals surface area contributed by atoms with Gasteiger partial charge in [-0.05, 0) is 56.5 Å². The third-order valence-corrected chi connectivity index (χ3v) is 7.78. The second-order valence-corrected chi connectivity index (χ2v) is 11.0. The normalized spacial score (nSPS) is 16.6. The van der Waals surface area contributed by atoms with Gasteiger partial charge in [0.05, 0.1) is 42.5 Å². The summed E-state index contributed by atoms with van der Waals surface area (Å²) in [6, 6.07) is 8.30. The maximum absolute atomic E-state index is 13.6. The predicted molar refractivity (Wildman–Crippen MR) is 176 cm³/mol. The highest BCUT2D eigenvalue weighted by molar-refractivity contribution is 6.29. The summed E-state index contributed by atoms with van der Waals surface area (Å²) < 4.78 is 36.9. The Morgan fingerprint density at radius 1 is 0.878 bits per heavy atom. The van der Waals surface area contributed by atoms with Crippen molar-refractivity contribution in [3.05, 3.63) is 96.9 Å². The number of nitrogens with one attached hydrogen (secondary N) is 1. The zero-order chi connectivity index (χ0) is 35.7. The number of hydrogen-bond acceptors (Lipinski definition) is 14. The molecule has 4 aromatic rings. The van der Waals surface area contributed by atoms with Gasteiger partial charge in [0.25, 0.3) is 0 Å². The largest absolute Gasteiger partial charge is 0.481 e. The highest BCUT2D eigenvalue weighted by Gasteiger charge is 2.31. The molecule has 6 heterocycles. The van der Waals surface area contributed by atoms with Crippen LogP contribution in [0.25, 0.3) is 0 Å². The first-order valence-corrected chi connectivity index (χ1v) is 15.2. The summed E-state index contributed by atoms with van der Waals surface area (Å²) >= 11 is 5.41. The molecule has 0 aromatic carbocycles. The van der Waals surface area contributed by atoms with Gasteiger partial charge in [-0.2, -0.15) is 0 Å². The Balaban J connectivity index is 0.000000183. The van der Waals surface area contributed by atoms with E-state index in [1.807, 2.05) is 4.90 Å². The fraction of sp³-hybridized carbons (Fsp3) is 0.333. The van der Waals surface area contributed by atoms with Crippen LogP contribution in [0.1, 0.15) is 48.9 Å². The van der Waals surface area contributed by atoms with Crippen molar-refractivity contribution in [2.75, 3.05) is 43.7 Å². The summed E-state index contributed by atoms with van der Waals surface area (Å²) in [5.41, 5.74) is 11.8. The molecule has 6 rings (SSSR count). The molecule has 0 spiro atoms. The molecule has 0 amide bonds. The van der Waals surface area contributed by atoms with E-state index >= 15 is 0 Å². The fourth-order valence-electron chi connectivity index (χ4n) is 5.40. The number of nitrogen functional groups attached to an aromatic ring is 2. The number of aromatic nitrogens is 4. The second kappa shape index (κ2) is 16.6. The second-order valence-electron chi connectivity index (χ2n) is 10.6. The summed E-state index contributed by atoms with van der Waals surface area (Å²) in [6.45, 7) is 1.65. The lowest BCUT2D eigenvalue weighted by atomic mass is 10.1. The third-order valence-electron chi connectivity index (χ3n) is 7.57. The molecule has 0 bridgehead atoms. The van der Waals surface area contributed by atoms with Gasteiger partial charge in [-0.25, -0.2) is 28.7 Å². The van der Waals surface area contributed by atoms with Gasteiger partial charge < -0.3 is 31.2 Å². The quantitative estimate of drug-likeness (QED) is 0.126. The van der Waals surface area contributed by atoms with Gasteiger partial charge in [-0.15, -0.1) is 0 Å². The first-order chi connectivity index (χ1) is 23.4. The number of methoxy groups -OCH3 is 2. The third kappa shape index (κ3) is 9.11. The Kier molecular flexibility index (Phi) is 12.3. The van der Waals surface area contributed by atoms with Crippen molar-refractivity contribution in [1.29, 1.82) is 0 Å². The lowest BCUT2D eigenvalue weighted by Crippen LogP contribution is -2.24. The van der Waals surface area contributed by atoms with E-state index in [2.05, 4.69) is 25.3 Å². The molecule has 49 heavy (non-hydrogen) atoms. The number of nitrogens with two attached hydrogens (primary N) is 2. The summed E-state index contributed by atoms with van der Waals surface area (Å²) in [5, 5.41) is 24.5. The number of rotatable bonds is 7. The molecule has 16 nitrogen and oxygen atoms in total. The van der Waals surface area contributed by atoms with Crippen molar-refractivity contribution in [2.24, 2.45) is 0 Å². The SMILES string of the molecule is COc1ncc(F)cc1[C@H]1CCCN1.COc1ncc(F)cc1[C@H]1CCCN1c1ccc([N+](=O)[O-])c(N)n1.Nc1nc(Cl)ccc1[N+](=O)[O-]. The molecule has 260 valence electrons. The van der Waals surface area contributed by atoms with Gasteiger partial charge >= 0.3 is 11.4 Å². The number of halogens is 3. The fourth-order valence-corrected chi connectivity index (χ4v) is 5.55. The van der Waals surface area contributed by atoms with E-state index in [0.29, 0.717) is 29.7 Å². The summed E-state index contributed by atoms with van der Waals surface area (Å²) in [5.74, 6) is 0.305. The summed E-state index contributed by atoms with van der Waals surface area (Å²) in [7, 11) is 3.03. The van der Waals surface area contributed by atoms with Gasteiger partial charge in [-0.3, -0.25) is 20.2 Å². The molecule has 0 radical (unpaired) electrons. The van der Waals surface area contributed by atoms with Crippen LogP contribution in [0, 0.1) is 31.9 Å². The van der Waals surface area contributed by atoms with Crippen LogP contribution in [-0.2, 0) is 0 Å². The average Bonchev–Trinajstić information content (AvgIpc) is 3.78. The highest BCUT2D eigenvalue weighted by Crippen LogP contribution is 2.39. The Bertz CT molecular complexity index is 1800. The molecule has 2 atom stereocenters. The minimum absolute atomic E-state index is 0.146. The molecular formula is C30H33ClF2N10O6. The van der Waals surface area contributed by atoms with Crippen LogP contribution in [-0.4, -0.2) is 57.1 Å². The molecule has 4 aromatic heterocycles. The van der Waals surface area contributed by atoms with Crippen LogP contribution in [0.4, 0.5) is 37.6 Å². The van der Waals surface area contributed by atoms with E-state index in [4.69, 9.17) is 32.5 Å². The minimum atomic E-state index is -0.612. The maximum Gasteiger partial charge on any atom is 0.311 e. The van der Waals surface area contributed by atoms with Crippen molar-refractivity contribution in [1.82, 2.24) is 25.3 Å². The van der Waals surface area contributed by atoms with Crippen molar-refractivity contribution in [3.8, 4) is 11.8 Å². The average molecular weight is 703 g/mol. The van der Waals surface area contributed by atoms with E-state index in [-0.39, 0.29) is 46.1 Å². The van der Waals surface area contributed by atoms with Crippen molar-refractivity contribution >= 4 is 40.4 Å². The molecule has 2 fully saturated rings. The lowest BCUT2D eigenvalue weighted by Gasteiger charge is -2.26. The predicted octanol–water partition coefficient (Wildman–Crippen LogP) is 5.34. The van der Waals surface area contributed by atoms with Crippen molar-refractivity contribution in [2.45, 2.75) is 37.8 Å². The minimum Gasteiger partial charge on any atom is -0.481 e. The summed E-state index contributed by atoms with van der Waals surface area (Å²) in [6.07, 6.45) is 6.04. The Hall–Kier alpha value is -5.49. The molecule has 19 heteroatoms. The van der Waals surface area contributed by atoms with E-state index in [0.717, 1.165) is 44.0 Å². The highest BCUT2D eigenvalue weighted by atomic mass is 35.5. The van der Waals surface area contributed by atoms with E-state index < -0.39 is 15.7 Å². The monoisotopic (exact) mass is 702 g/mol. The molecular weight excluding hydrogens is 670 g/mol. The number of pyridine rings is 4. The van der Waals surface area contributed by atoms with Crippen molar-refractivity contribution in [3.63, 3.8) is 0 Å². The maximum atomic E-state index is 13.6. The number of hydrogen-bond donors (Lipinski definition) is 3. The molecule has 5 N–H and O–H groups in total. The smallest absolute Gasteiger partial charge is 0.311 e. The topological polar surface area (TPSA) is 224 Å². The molecule has 2 aliphatic rings. The Morgan fingerprint density at radius 3 is 1.98 bits per heavy atom. The number of anilines is 3. The van der Waals surface area contributed by atoms with E-state index in [1.165, 1.54) is 43.6 Å². The van der Waals surface area contributed by atoms with Crippen LogP contribution < -0.4 is 31.2 Å². The Morgan fingerprint density at radius 2 is 1.45 bits per heavy atom. The molecule has 0 unspecified atom stereocenters. The number of ether oxygens (including phenoxy) is 2. The van der Waals surface area contributed by atoms with Gasteiger partial charge in [-0.1, -0.05) is 11.6 Å². The van der Waals surface area contributed by atoms with Crippen LogP contribution >= 0.6 is 11.6 Å². The van der Waals surface area contributed by atoms with Crippen LogP contribution in [0.3, 0.4) is 0 Å². The van der Waals surface area contributed by atoms with Gasteiger partial charge in [0.15, 0.2) is 0 Å². The molecule has 0 aliphatic carbocycles. The lowest BCUT2D eigenvalue weighted by molar-refractivity contribution is -0.384. The molecule has 0 saturated carbocycles. The van der Waals surface area contributed by atoms with E-state index in [1.54, 1.807) is 13.2 Å². The number of nitro groups is 2.